The highest BCUT2D eigenvalue weighted by Crippen LogP contribution is 2.24. The van der Waals surface area contributed by atoms with Gasteiger partial charge < -0.3 is 10.4 Å². The average molecular weight is 407 g/mol. The predicted octanol–water partition coefficient (Wildman–Crippen LogP) is 2.51. The molecule has 3 aromatic rings. The molecule has 2 N–H and O–H groups in total. The van der Waals surface area contributed by atoms with Crippen molar-refractivity contribution >= 4 is 38.3 Å². The number of sulfonamides is 1. The topological polar surface area (TPSA) is 95.4 Å². The molecule has 0 saturated heterocycles. The van der Waals surface area contributed by atoms with Gasteiger partial charge in [-0.2, -0.15) is 4.31 Å². The van der Waals surface area contributed by atoms with Crippen LogP contribution in [-0.2, 0) is 16.6 Å². The van der Waals surface area contributed by atoms with Crippen LogP contribution >= 0.6 is 11.6 Å². The summed E-state index contributed by atoms with van der Waals surface area (Å²) >= 11 is 6.00. The SMILES string of the molecule is CN(CCO)S(=O)(=O)c1ccccc1CNc1ncnc2cc(Cl)ccc12. The largest absolute Gasteiger partial charge is 0.395 e. The summed E-state index contributed by atoms with van der Waals surface area (Å²) < 4.78 is 26.6. The fourth-order valence-electron chi connectivity index (χ4n) is 2.68. The molecule has 0 radical (unpaired) electrons. The third kappa shape index (κ3) is 4.19. The Morgan fingerprint density at radius 1 is 1.19 bits per heavy atom. The first kappa shape index (κ1) is 19.5. The Morgan fingerprint density at radius 2 is 1.96 bits per heavy atom. The van der Waals surface area contributed by atoms with Gasteiger partial charge in [0.2, 0.25) is 10.0 Å². The number of hydrogen-bond donors (Lipinski definition) is 2. The molecule has 0 spiro atoms. The van der Waals surface area contributed by atoms with E-state index in [-0.39, 0.29) is 24.6 Å². The van der Waals surface area contributed by atoms with Crippen molar-refractivity contribution in [1.29, 1.82) is 0 Å². The number of likely N-dealkylation sites (N-methyl/N-ethyl adjacent to an activating group) is 1. The van der Waals surface area contributed by atoms with Crippen LogP contribution in [0.2, 0.25) is 5.02 Å². The molecule has 0 aliphatic carbocycles. The third-order valence-corrected chi connectivity index (χ3v) is 6.31. The molecule has 142 valence electrons. The molecule has 2 aromatic carbocycles. The molecule has 0 unspecified atom stereocenters. The van der Waals surface area contributed by atoms with Crippen molar-refractivity contribution < 1.29 is 13.5 Å². The number of nitrogens with one attached hydrogen (secondary N) is 1. The lowest BCUT2D eigenvalue weighted by molar-refractivity contribution is 0.266. The van der Waals surface area contributed by atoms with Crippen LogP contribution in [0.25, 0.3) is 10.9 Å². The Balaban J connectivity index is 1.90. The third-order valence-electron chi connectivity index (χ3n) is 4.12. The number of anilines is 1. The summed E-state index contributed by atoms with van der Waals surface area (Å²) in [7, 11) is -2.26. The van der Waals surface area contributed by atoms with Crippen LogP contribution in [0.5, 0.6) is 0 Å². The molecular formula is C18H19ClN4O3S. The van der Waals surface area contributed by atoms with Crippen LogP contribution in [0, 0.1) is 0 Å². The second kappa shape index (κ2) is 8.18. The van der Waals surface area contributed by atoms with E-state index >= 15 is 0 Å². The second-order valence-corrected chi connectivity index (χ2v) is 8.34. The summed E-state index contributed by atoms with van der Waals surface area (Å²) in [4.78, 5) is 8.64. The van der Waals surface area contributed by atoms with E-state index in [2.05, 4.69) is 15.3 Å². The lowest BCUT2D eigenvalue weighted by atomic mass is 10.2. The maximum absolute atomic E-state index is 12.8. The lowest BCUT2D eigenvalue weighted by Crippen LogP contribution is -2.30. The number of rotatable bonds is 7. The summed E-state index contributed by atoms with van der Waals surface area (Å²) in [5.74, 6) is 0.590. The molecule has 0 aliphatic rings. The number of aromatic nitrogens is 2. The van der Waals surface area contributed by atoms with Crippen molar-refractivity contribution in [3.63, 3.8) is 0 Å². The van der Waals surface area contributed by atoms with Gasteiger partial charge in [0.25, 0.3) is 0 Å². The fraction of sp³-hybridized carbons (Fsp3) is 0.222. The van der Waals surface area contributed by atoms with Gasteiger partial charge in [0.1, 0.15) is 12.1 Å². The van der Waals surface area contributed by atoms with Gasteiger partial charge in [-0.25, -0.2) is 18.4 Å². The first-order valence-electron chi connectivity index (χ1n) is 8.22. The molecule has 0 amide bonds. The fourth-order valence-corrected chi connectivity index (χ4v) is 4.23. The Morgan fingerprint density at radius 3 is 2.74 bits per heavy atom. The second-order valence-electron chi connectivity index (χ2n) is 5.90. The molecular weight excluding hydrogens is 388 g/mol. The summed E-state index contributed by atoms with van der Waals surface area (Å²) in [6.07, 6.45) is 1.43. The smallest absolute Gasteiger partial charge is 0.243 e. The summed E-state index contributed by atoms with van der Waals surface area (Å²) in [5.41, 5.74) is 1.30. The first-order chi connectivity index (χ1) is 12.9. The van der Waals surface area contributed by atoms with E-state index in [1.54, 1.807) is 36.4 Å². The molecule has 0 saturated carbocycles. The zero-order valence-corrected chi connectivity index (χ0v) is 16.2. The van der Waals surface area contributed by atoms with Crippen LogP contribution < -0.4 is 5.32 Å². The predicted molar refractivity (Wildman–Crippen MR) is 105 cm³/mol. The van der Waals surface area contributed by atoms with Gasteiger partial charge in [0.15, 0.2) is 0 Å². The monoisotopic (exact) mass is 406 g/mol. The molecule has 9 heteroatoms. The van der Waals surface area contributed by atoms with E-state index in [1.807, 2.05) is 6.07 Å². The van der Waals surface area contributed by atoms with Crippen molar-refractivity contribution in [3.8, 4) is 0 Å². The number of hydrogen-bond acceptors (Lipinski definition) is 6. The van der Waals surface area contributed by atoms with E-state index in [0.717, 1.165) is 9.69 Å². The summed E-state index contributed by atoms with van der Waals surface area (Å²) in [6, 6.07) is 12.1. The van der Waals surface area contributed by atoms with Gasteiger partial charge in [-0.3, -0.25) is 0 Å². The zero-order valence-electron chi connectivity index (χ0n) is 14.6. The molecule has 0 bridgehead atoms. The van der Waals surface area contributed by atoms with Gasteiger partial charge >= 0.3 is 0 Å². The lowest BCUT2D eigenvalue weighted by Gasteiger charge is -2.18. The Hall–Kier alpha value is -2.26. The standard InChI is InChI=1S/C18H19ClN4O3S/c1-23(8-9-24)27(25,26)17-5-3-2-4-13(17)11-20-18-15-7-6-14(19)10-16(15)21-12-22-18/h2-7,10,12,24H,8-9,11H2,1H3,(H,20,21,22). The molecule has 0 aliphatic heterocycles. The minimum Gasteiger partial charge on any atom is -0.395 e. The molecule has 3 rings (SSSR count). The molecule has 7 nitrogen and oxygen atoms in total. The minimum absolute atomic E-state index is 0.0292. The van der Waals surface area contributed by atoms with Crippen molar-refractivity contribution in [2.75, 3.05) is 25.5 Å². The Kier molecular flexibility index (Phi) is 5.91. The highest BCUT2D eigenvalue weighted by Gasteiger charge is 2.23. The van der Waals surface area contributed by atoms with Crippen molar-refractivity contribution in [2.45, 2.75) is 11.4 Å². The molecule has 0 fully saturated rings. The zero-order chi connectivity index (χ0) is 19.4. The summed E-state index contributed by atoms with van der Waals surface area (Å²) in [6.45, 7) is 0.0458. The Labute approximate surface area is 162 Å². The number of benzene rings is 2. The van der Waals surface area contributed by atoms with Crippen LogP contribution in [0.1, 0.15) is 5.56 Å². The van der Waals surface area contributed by atoms with E-state index in [1.165, 1.54) is 13.4 Å². The average Bonchev–Trinajstić information content (AvgIpc) is 2.66. The number of nitrogens with zero attached hydrogens (tertiary/aromatic N) is 3. The Bertz CT molecular complexity index is 1060. The van der Waals surface area contributed by atoms with Crippen LogP contribution in [-0.4, -0.2) is 48.0 Å². The first-order valence-corrected chi connectivity index (χ1v) is 10.0. The number of fused-ring (bicyclic) bond motifs is 1. The van der Waals surface area contributed by atoms with E-state index in [4.69, 9.17) is 16.7 Å². The van der Waals surface area contributed by atoms with Crippen molar-refractivity contribution in [3.05, 3.63) is 59.4 Å². The van der Waals surface area contributed by atoms with E-state index in [0.29, 0.717) is 21.9 Å². The highest BCUT2D eigenvalue weighted by atomic mass is 35.5. The van der Waals surface area contributed by atoms with Gasteiger partial charge in [0.05, 0.1) is 17.0 Å². The van der Waals surface area contributed by atoms with E-state index in [9.17, 15) is 8.42 Å². The molecule has 1 aromatic heterocycles. The minimum atomic E-state index is -3.70. The molecule has 1 heterocycles. The van der Waals surface area contributed by atoms with Crippen molar-refractivity contribution in [1.82, 2.24) is 14.3 Å². The molecule has 0 atom stereocenters. The molecule has 27 heavy (non-hydrogen) atoms. The van der Waals surface area contributed by atoms with Gasteiger partial charge in [-0.1, -0.05) is 29.8 Å². The van der Waals surface area contributed by atoms with Crippen LogP contribution in [0.15, 0.2) is 53.7 Å². The van der Waals surface area contributed by atoms with Crippen LogP contribution in [0.4, 0.5) is 5.82 Å². The van der Waals surface area contributed by atoms with Gasteiger partial charge in [-0.05, 0) is 29.8 Å². The maximum Gasteiger partial charge on any atom is 0.243 e. The quantitative estimate of drug-likeness (QED) is 0.626. The van der Waals surface area contributed by atoms with Gasteiger partial charge in [-0.15, -0.1) is 0 Å². The van der Waals surface area contributed by atoms with Crippen molar-refractivity contribution in [2.24, 2.45) is 0 Å². The highest BCUT2D eigenvalue weighted by molar-refractivity contribution is 7.89. The van der Waals surface area contributed by atoms with Crippen LogP contribution in [0.3, 0.4) is 0 Å². The van der Waals surface area contributed by atoms with Gasteiger partial charge in [0, 0.05) is 30.5 Å². The number of aliphatic hydroxyl groups excluding tert-OH is 1. The van der Waals surface area contributed by atoms with E-state index < -0.39 is 10.0 Å². The number of aliphatic hydroxyl groups is 1. The maximum atomic E-state index is 12.8. The normalized spacial score (nSPS) is 11.9. The summed E-state index contributed by atoms with van der Waals surface area (Å²) in [5, 5.41) is 13.6. The number of halogens is 1.